The third kappa shape index (κ3) is 5.86. The molecule has 33 heavy (non-hydrogen) atoms. The summed E-state index contributed by atoms with van der Waals surface area (Å²) < 4.78 is 17.5. The first-order valence-corrected chi connectivity index (χ1v) is 10.7. The molecule has 4 atom stereocenters. The monoisotopic (exact) mass is 527 g/mol. The molecule has 0 amide bonds. The van der Waals surface area contributed by atoms with E-state index in [0.717, 1.165) is 4.57 Å². The number of benzene rings is 1. The number of nitrogens with one attached hydrogen (secondary N) is 1. The van der Waals surface area contributed by atoms with Crippen molar-refractivity contribution in [1.82, 2.24) is 9.55 Å². The van der Waals surface area contributed by atoms with E-state index in [-0.39, 0.29) is 25.3 Å². The van der Waals surface area contributed by atoms with Crippen molar-refractivity contribution < 1.29 is 29.0 Å². The highest BCUT2D eigenvalue weighted by Crippen LogP contribution is 2.30. The number of halogens is 1. The number of rotatable bonds is 7. The van der Waals surface area contributed by atoms with E-state index in [1.54, 1.807) is 19.1 Å². The quantitative estimate of drug-likeness (QED) is 0.311. The molecule has 1 fully saturated rings. The number of carbonyl (C=O) groups is 1. The molecule has 4 unspecified atom stereocenters. The van der Waals surface area contributed by atoms with Crippen molar-refractivity contribution >= 4 is 27.8 Å². The van der Waals surface area contributed by atoms with Gasteiger partial charge in [-0.05, 0) is 19.1 Å². The molecule has 2 N–H and O–H groups in total. The number of H-pyrrole nitrogens is 1. The van der Waals surface area contributed by atoms with Gasteiger partial charge in [0, 0.05) is 40.2 Å². The van der Waals surface area contributed by atoms with Crippen molar-refractivity contribution in [2.75, 3.05) is 13.2 Å². The Morgan fingerprint density at radius 2 is 2.15 bits per heavy atom. The second-order valence-electron chi connectivity index (χ2n) is 7.64. The Balaban J connectivity index is 1.54. The molecule has 1 saturated heterocycles. The van der Waals surface area contributed by atoms with Crippen molar-refractivity contribution in [3.63, 3.8) is 0 Å². The second-order valence-corrected chi connectivity index (χ2v) is 8.56. The molecule has 1 aromatic heterocycles. The summed E-state index contributed by atoms with van der Waals surface area (Å²) in [4.78, 5) is 48.4. The minimum atomic E-state index is -1.03. The van der Waals surface area contributed by atoms with Gasteiger partial charge in [-0.15, -0.1) is 0 Å². The number of nitro groups is 1. The van der Waals surface area contributed by atoms with E-state index in [1.807, 2.05) is 0 Å². The minimum absolute atomic E-state index is 0.0536. The smallest absolute Gasteiger partial charge is 0.434 e. The molecule has 2 heterocycles. The van der Waals surface area contributed by atoms with Crippen LogP contribution >= 0.6 is 15.9 Å². The van der Waals surface area contributed by atoms with Crippen molar-refractivity contribution in [1.29, 1.82) is 0 Å². The lowest BCUT2D eigenvalue weighted by Crippen LogP contribution is -2.33. The van der Waals surface area contributed by atoms with Crippen LogP contribution in [0.25, 0.3) is 0 Å². The SMILES string of the molecule is Cc1cn(C2CC(O)C(COC(=O)OCC(C)c3cc(Br)ccc3[N+](=O)[O-])O2)c(=O)[nH]c1=O. The highest BCUT2D eigenvalue weighted by molar-refractivity contribution is 9.10. The first kappa shape index (κ1) is 24.6. The highest BCUT2D eigenvalue weighted by Gasteiger charge is 2.36. The molecule has 0 saturated carbocycles. The van der Waals surface area contributed by atoms with Crippen LogP contribution < -0.4 is 11.2 Å². The lowest BCUT2D eigenvalue weighted by atomic mass is 10.0. The van der Waals surface area contributed by atoms with Gasteiger partial charge in [0.05, 0.1) is 11.0 Å². The largest absolute Gasteiger partial charge is 0.508 e. The second kappa shape index (κ2) is 10.3. The topological polar surface area (TPSA) is 163 Å². The Morgan fingerprint density at radius 3 is 2.85 bits per heavy atom. The van der Waals surface area contributed by atoms with E-state index in [2.05, 4.69) is 20.9 Å². The average Bonchev–Trinajstić information content (AvgIpc) is 3.12. The van der Waals surface area contributed by atoms with E-state index in [0.29, 0.717) is 15.6 Å². The number of hydrogen-bond donors (Lipinski definition) is 2. The van der Waals surface area contributed by atoms with Crippen LogP contribution in [-0.4, -0.2) is 51.2 Å². The van der Waals surface area contributed by atoms with Crippen LogP contribution in [0.1, 0.15) is 36.6 Å². The Morgan fingerprint density at radius 1 is 1.42 bits per heavy atom. The van der Waals surface area contributed by atoms with E-state index in [4.69, 9.17) is 14.2 Å². The first-order chi connectivity index (χ1) is 15.6. The molecular formula is C20H22BrN3O9. The fraction of sp³-hybridized carbons (Fsp3) is 0.450. The Bertz CT molecular complexity index is 1160. The van der Waals surface area contributed by atoms with Crippen LogP contribution in [0.3, 0.4) is 0 Å². The number of ether oxygens (including phenoxy) is 3. The number of aliphatic hydroxyl groups excluding tert-OH is 1. The number of aromatic nitrogens is 2. The molecule has 2 aromatic rings. The molecule has 12 nitrogen and oxygen atoms in total. The third-order valence-corrected chi connectivity index (χ3v) is 5.69. The van der Waals surface area contributed by atoms with Gasteiger partial charge in [-0.25, -0.2) is 9.59 Å². The van der Waals surface area contributed by atoms with Crippen LogP contribution in [0.4, 0.5) is 10.5 Å². The molecular weight excluding hydrogens is 506 g/mol. The van der Waals surface area contributed by atoms with Gasteiger partial charge in [-0.3, -0.25) is 24.5 Å². The molecule has 1 aliphatic heterocycles. The zero-order valence-corrected chi connectivity index (χ0v) is 19.3. The molecule has 0 radical (unpaired) electrons. The van der Waals surface area contributed by atoms with Crippen LogP contribution in [-0.2, 0) is 14.2 Å². The predicted octanol–water partition coefficient (Wildman–Crippen LogP) is 2.12. The molecule has 0 aliphatic carbocycles. The van der Waals surface area contributed by atoms with E-state index in [9.17, 15) is 29.6 Å². The van der Waals surface area contributed by atoms with E-state index >= 15 is 0 Å². The van der Waals surface area contributed by atoms with Crippen LogP contribution in [0.5, 0.6) is 0 Å². The van der Waals surface area contributed by atoms with Crippen LogP contribution in [0.15, 0.2) is 38.5 Å². The molecule has 1 aliphatic rings. The molecule has 0 bridgehead atoms. The maximum Gasteiger partial charge on any atom is 0.508 e. The average molecular weight is 528 g/mol. The normalized spacial score (nSPS) is 20.9. The Hall–Kier alpha value is -3.03. The van der Waals surface area contributed by atoms with Gasteiger partial charge in [0.1, 0.15) is 25.5 Å². The number of aromatic amines is 1. The summed E-state index contributed by atoms with van der Waals surface area (Å²) in [5, 5.41) is 21.4. The number of carbonyl (C=O) groups excluding carboxylic acids is 1. The number of nitrogens with zero attached hydrogens (tertiary/aromatic N) is 2. The molecule has 1 aromatic carbocycles. The van der Waals surface area contributed by atoms with Crippen LogP contribution in [0.2, 0.25) is 0 Å². The standard InChI is InChI=1S/C20H22BrN3O9/c1-10-7-23(19(27)22-18(10)26)17-6-15(25)16(33-17)9-32-20(28)31-8-11(2)13-5-12(21)3-4-14(13)24(29)30/h3-5,7,11,15-17,25H,6,8-9H2,1-2H3,(H,22,26,27). The molecule has 178 valence electrons. The van der Waals surface area contributed by atoms with Gasteiger partial charge in [-0.2, -0.15) is 0 Å². The van der Waals surface area contributed by atoms with E-state index in [1.165, 1.54) is 19.2 Å². The lowest BCUT2D eigenvalue weighted by Gasteiger charge is -2.17. The minimum Gasteiger partial charge on any atom is -0.434 e. The zero-order valence-electron chi connectivity index (χ0n) is 17.7. The summed E-state index contributed by atoms with van der Waals surface area (Å²) in [6.07, 6.45) is -2.42. The third-order valence-electron chi connectivity index (χ3n) is 5.19. The summed E-state index contributed by atoms with van der Waals surface area (Å²) in [6, 6.07) is 4.49. The van der Waals surface area contributed by atoms with Crippen molar-refractivity contribution in [2.45, 2.75) is 44.6 Å². The van der Waals surface area contributed by atoms with Gasteiger partial charge in [0.2, 0.25) is 0 Å². The maximum absolute atomic E-state index is 12.0. The molecule has 13 heteroatoms. The first-order valence-electron chi connectivity index (χ1n) is 9.95. The van der Waals surface area contributed by atoms with Crippen molar-refractivity contribution in [2.24, 2.45) is 0 Å². The summed E-state index contributed by atoms with van der Waals surface area (Å²) in [6.45, 7) is 2.69. The maximum atomic E-state index is 12.0. The van der Waals surface area contributed by atoms with Gasteiger partial charge < -0.3 is 19.3 Å². The van der Waals surface area contributed by atoms with Crippen molar-refractivity contribution in [3.8, 4) is 0 Å². The fourth-order valence-electron chi connectivity index (χ4n) is 3.40. The fourth-order valence-corrected chi connectivity index (χ4v) is 3.78. The van der Waals surface area contributed by atoms with Crippen LogP contribution in [0, 0.1) is 17.0 Å². The Kier molecular flexibility index (Phi) is 7.66. The summed E-state index contributed by atoms with van der Waals surface area (Å²) in [5.74, 6) is -0.483. The number of aryl methyl sites for hydroxylation is 1. The zero-order chi connectivity index (χ0) is 24.3. The highest BCUT2D eigenvalue weighted by atomic mass is 79.9. The number of nitro benzene ring substituents is 1. The summed E-state index contributed by atoms with van der Waals surface area (Å²) >= 11 is 3.26. The van der Waals surface area contributed by atoms with Gasteiger partial charge in [0.25, 0.3) is 11.2 Å². The Labute approximate surface area is 195 Å². The van der Waals surface area contributed by atoms with E-state index < -0.39 is 46.7 Å². The summed E-state index contributed by atoms with van der Waals surface area (Å²) in [5.41, 5.74) is -0.597. The molecule has 0 spiro atoms. The molecule has 3 rings (SSSR count). The number of hydrogen-bond acceptors (Lipinski definition) is 9. The predicted molar refractivity (Wildman–Crippen MR) is 117 cm³/mol. The van der Waals surface area contributed by atoms with Gasteiger partial charge in [-0.1, -0.05) is 22.9 Å². The van der Waals surface area contributed by atoms with Crippen molar-refractivity contribution in [3.05, 3.63) is 70.9 Å². The summed E-state index contributed by atoms with van der Waals surface area (Å²) in [7, 11) is 0. The van der Waals surface area contributed by atoms with Gasteiger partial charge in [0.15, 0.2) is 0 Å². The lowest BCUT2D eigenvalue weighted by molar-refractivity contribution is -0.385. The number of aliphatic hydroxyl groups is 1. The van der Waals surface area contributed by atoms with Gasteiger partial charge >= 0.3 is 11.8 Å².